The lowest BCUT2D eigenvalue weighted by atomic mass is 10.1. The number of carboxylic acid groups (broad SMARTS) is 1. The molecule has 3 N–H and O–H groups in total. The van der Waals surface area contributed by atoms with Gasteiger partial charge in [-0.1, -0.05) is 6.58 Å². The van der Waals surface area contributed by atoms with Crippen LogP contribution in [0.2, 0.25) is 0 Å². The van der Waals surface area contributed by atoms with Gasteiger partial charge in [0.1, 0.15) is 6.04 Å². The number of aliphatic carboxylic acids is 1. The third-order valence-corrected chi connectivity index (χ3v) is 1.97. The minimum atomic E-state index is -1.00. The summed E-state index contributed by atoms with van der Waals surface area (Å²) >= 11 is 0. The average Bonchev–Trinajstić information content (AvgIpc) is 2.21. The Morgan fingerprint density at radius 1 is 1.47 bits per heavy atom. The lowest BCUT2D eigenvalue weighted by Crippen LogP contribution is -2.39. The standard InChI is InChI=1S/C10H18N2O3/c1-3-9(13)12-8(10(14)15)6-4-5-7-11-2/h3,8,11H,1,4-7H2,2H3,(H,12,13)(H,14,15). The van der Waals surface area contributed by atoms with Crippen molar-refractivity contribution in [2.24, 2.45) is 0 Å². The molecule has 0 saturated carbocycles. The topological polar surface area (TPSA) is 78.4 Å². The van der Waals surface area contributed by atoms with E-state index in [0.29, 0.717) is 6.42 Å². The molecule has 1 unspecified atom stereocenters. The average molecular weight is 214 g/mol. The Morgan fingerprint density at radius 2 is 2.13 bits per heavy atom. The molecule has 1 atom stereocenters. The van der Waals surface area contributed by atoms with E-state index in [1.165, 1.54) is 0 Å². The molecule has 0 spiro atoms. The highest BCUT2D eigenvalue weighted by Crippen LogP contribution is 2.01. The molecular formula is C10H18N2O3. The van der Waals surface area contributed by atoms with Crippen molar-refractivity contribution in [3.8, 4) is 0 Å². The van der Waals surface area contributed by atoms with Gasteiger partial charge in [-0.3, -0.25) is 4.79 Å². The van der Waals surface area contributed by atoms with E-state index in [-0.39, 0.29) is 0 Å². The number of hydrogen-bond acceptors (Lipinski definition) is 3. The number of unbranched alkanes of at least 4 members (excludes halogenated alkanes) is 1. The van der Waals surface area contributed by atoms with Crippen LogP contribution in [0.5, 0.6) is 0 Å². The highest BCUT2D eigenvalue weighted by Gasteiger charge is 2.17. The molecule has 0 fully saturated rings. The molecule has 0 aromatic rings. The summed E-state index contributed by atoms with van der Waals surface area (Å²) in [6, 6.07) is -0.813. The van der Waals surface area contributed by atoms with Gasteiger partial charge in [-0.15, -0.1) is 0 Å². The minimum absolute atomic E-state index is 0.441. The molecular weight excluding hydrogens is 196 g/mol. The van der Waals surface area contributed by atoms with Crippen LogP contribution in [0.1, 0.15) is 19.3 Å². The fourth-order valence-electron chi connectivity index (χ4n) is 1.14. The van der Waals surface area contributed by atoms with Gasteiger partial charge in [-0.2, -0.15) is 0 Å². The Bertz CT molecular complexity index is 229. The fraction of sp³-hybridized carbons (Fsp3) is 0.600. The highest BCUT2D eigenvalue weighted by atomic mass is 16.4. The Kier molecular flexibility index (Phi) is 7.27. The normalized spacial score (nSPS) is 11.8. The molecule has 0 bridgehead atoms. The number of hydrogen-bond donors (Lipinski definition) is 3. The predicted octanol–water partition coefficient (Wildman–Crippen LogP) is 0.132. The summed E-state index contributed by atoms with van der Waals surface area (Å²) < 4.78 is 0. The first kappa shape index (κ1) is 13.6. The van der Waals surface area contributed by atoms with Crippen LogP contribution in [0, 0.1) is 0 Å². The second kappa shape index (κ2) is 7.99. The third-order valence-electron chi connectivity index (χ3n) is 1.97. The van der Waals surface area contributed by atoms with Crippen LogP contribution in [-0.4, -0.2) is 36.6 Å². The summed E-state index contributed by atoms with van der Waals surface area (Å²) in [6.07, 6.45) is 3.17. The van der Waals surface area contributed by atoms with Gasteiger partial charge in [0.25, 0.3) is 0 Å². The van der Waals surface area contributed by atoms with E-state index in [4.69, 9.17) is 5.11 Å². The van der Waals surface area contributed by atoms with Crippen molar-refractivity contribution >= 4 is 11.9 Å². The van der Waals surface area contributed by atoms with E-state index >= 15 is 0 Å². The first-order valence-corrected chi connectivity index (χ1v) is 4.92. The zero-order valence-corrected chi connectivity index (χ0v) is 8.95. The summed E-state index contributed by atoms with van der Waals surface area (Å²) in [5.74, 6) is -1.45. The van der Waals surface area contributed by atoms with Gasteiger partial charge in [-0.25, -0.2) is 4.79 Å². The smallest absolute Gasteiger partial charge is 0.326 e. The Balaban J connectivity index is 3.89. The van der Waals surface area contributed by atoms with Crippen LogP contribution in [0.15, 0.2) is 12.7 Å². The third kappa shape index (κ3) is 6.68. The molecule has 5 heteroatoms. The van der Waals surface area contributed by atoms with Gasteiger partial charge in [0.15, 0.2) is 0 Å². The molecule has 86 valence electrons. The molecule has 1 amide bonds. The van der Waals surface area contributed by atoms with Gasteiger partial charge in [-0.05, 0) is 38.9 Å². The number of carboxylic acids is 1. The molecule has 0 rings (SSSR count). The largest absolute Gasteiger partial charge is 0.480 e. The van der Waals surface area contributed by atoms with E-state index in [9.17, 15) is 9.59 Å². The lowest BCUT2D eigenvalue weighted by Gasteiger charge is -2.12. The van der Waals surface area contributed by atoms with Gasteiger partial charge >= 0.3 is 5.97 Å². The van der Waals surface area contributed by atoms with Crippen LogP contribution in [0.3, 0.4) is 0 Å². The lowest BCUT2D eigenvalue weighted by molar-refractivity contribution is -0.141. The van der Waals surface area contributed by atoms with Crippen molar-refractivity contribution in [2.75, 3.05) is 13.6 Å². The van der Waals surface area contributed by atoms with Crippen molar-refractivity contribution in [2.45, 2.75) is 25.3 Å². The highest BCUT2D eigenvalue weighted by molar-refractivity contribution is 5.90. The summed E-state index contributed by atoms with van der Waals surface area (Å²) in [4.78, 5) is 21.7. The number of amides is 1. The summed E-state index contributed by atoms with van der Waals surface area (Å²) in [6.45, 7) is 4.12. The molecule has 0 heterocycles. The zero-order chi connectivity index (χ0) is 11.7. The van der Waals surface area contributed by atoms with Gasteiger partial charge < -0.3 is 15.7 Å². The van der Waals surface area contributed by atoms with Crippen LogP contribution in [0.25, 0.3) is 0 Å². The van der Waals surface area contributed by atoms with Crippen LogP contribution in [-0.2, 0) is 9.59 Å². The quantitative estimate of drug-likeness (QED) is 0.396. The fourth-order valence-corrected chi connectivity index (χ4v) is 1.14. The van der Waals surface area contributed by atoms with E-state index in [2.05, 4.69) is 17.2 Å². The minimum Gasteiger partial charge on any atom is -0.480 e. The van der Waals surface area contributed by atoms with Crippen molar-refractivity contribution < 1.29 is 14.7 Å². The maximum Gasteiger partial charge on any atom is 0.326 e. The summed E-state index contributed by atoms with van der Waals surface area (Å²) in [7, 11) is 1.84. The first-order valence-electron chi connectivity index (χ1n) is 4.92. The van der Waals surface area contributed by atoms with Crippen LogP contribution >= 0.6 is 0 Å². The van der Waals surface area contributed by atoms with Crippen molar-refractivity contribution in [3.05, 3.63) is 12.7 Å². The molecule has 0 aliphatic rings. The predicted molar refractivity (Wildman–Crippen MR) is 57.5 cm³/mol. The van der Waals surface area contributed by atoms with Crippen LogP contribution in [0.4, 0.5) is 0 Å². The Labute approximate surface area is 89.6 Å². The molecule has 0 saturated heterocycles. The van der Waals surface area contributed by atoms with Crippen molar-refractivity contribution in [1.29, 1.82) is 0 Å². The van der Waals surface area contributed by atoms with Crippen LogP contribution < -0.4 is 10.6 Å². The maximum atomic E-state index is 10.9. The first-order chi connectivity index (χ1) is 7.11. The van der Waals surface area contributed by atoms with Gasteiger partial charge in [0, 0.05) is 0 Å². The number of carbonyl (C=O) groups excluding carboxylic acids is 1. The zero-order valence-electron chi connectivity index (χ0n) is 8.95. The second-order valence-electron chi connectivity index (χ2n) is 3.20. The molecule has 15 heavy (non-hydrogen) atoms. The molecule has 0 radical (unpaired) electrons. The maximum absolute atomic E-state index is 10.9. The Morgan fingerprint density at radius 3 is 2.60 bits per heavy atom. The summed E-state index contributed by atoms with van der Waals surface area (Å²) in [5, 5.41) is 14.1. The Hall–Kier alpha value is -1.36. The van der Waals surface area contributed by atoms with E-state index in [0.717, 1.165) is 25.5 Å². The SMILES string of the molecule is C=CC(=O)NC(CCCCNC)C(=O)O. The number of carbonyl (C=O) groups is 2. The van der Waals surface area contributed by atoms with E-state index in [1.807, 2.05) is 7.05 Å². The molecule has 0 aromatic heterocycles. The van der Waals surface area contributed by atoms with Gasteiger partial charge in [0.05, 0.1) is 0 Å². The molecule has 0 aromatic carbocycles. The number of rotatable bonds is 8. The molecule has 0 aliphatic heterocycles. The van der Waals surface area contributed by atoms with E-state index in [1.54, 1.807) is 0 Å². The van der Waals surface area contributed by atoms with Crippen molar-refractivity contribution in [3.63, 3.8) is 0 Å². The second-order valence-corrected chi connectivity index (χ2v) is 3.20. The summed E-state index contributed by atoms with van der Waals surface area (Å²) in [5.41, 5.74) is 0. The van der Waals surface area contributed by atoms with Crippen molar-refractivity contribution in [1.82, 2.24) is 10.6 Å². The van der Waals surface area contributed by atoms with Gasteiger partial charge in [0.2, 0.25) is 5.91 Å². The number of nitrogens with one attached hydrogen (secondary N) is 2. The molecule has 0 aliphatic carbocycles. The monoisotopic (exact) mass is 214 g/mol. The van der Waals surface area contributed by atoms with E-state index < -0.39 is 17.9 Å². The molecule has 5 nitrogen and oxygen atoms in total.